The number of rotatable bonds is 6. The molecule has 0 radical (unpaired) electrons. The number of nitrogens with one attached hydrogen (secondary N) is 2. The molecule has 0 atom stereocenters. The maximum absolute atomic E-state index is 6.07. The first-order valence-electron chi connectivity index (χ1n) is 6.15. The second-order valence-electron chi connectivity index (χ2n) is 4.12. The highest BCUT2D eigenvalue weighted by Gasteiger charge is 2.05. The largest absolute Gasteiger partial charge is 0.383 e. The predicted octanol–water partition coefficient (Wildman–Crippen LogP) is 2.64. The van der Waals surface area contributed by atoms with E-state index in [9.17, 15) is 0 Å². The summed E-state index contributed by atoms with van der Waals surface area (Å²) in [5.41, 5.74) is 1.80. The van der Waals surface area contributed by atoms with E-state index in [1.165, 1.54) is 0 Å². The van der Waals surface area contributed by atoms with E-state index in [2.05, 4.69) is 25.8 Å². The molecule has 2 N–H and O–H groups in total. The molecule has 7 heteroatoms. The average Bonchev–Trinajstić information content (AvgIpc) is 2.45. The quantitative estimate of drug-likeness (QED) is 0.798. The van der Waals surface area contributed by atoms with E-state index in [1.807, 2.05) is 25.1 Å². The van der Waals surface area contributed by atoms with Crippen molar-refractivity contribution in [3.63, 3.8) is 0 Å². The van der Waals surface area contributed by atoms with Crippen molar-refractivity contribution in [3.05, 3.63) is 35.0 Å². The molecule has 1 aromatic carbocycles. The van der Waals surface area contributed by atoms with Crippen molar-refractivity contribution >= 4 is 29.1 Å². The standard InChI is InChI=1S/C13H16ClN5O/c1-9-10(14)4-3-5-11(9)17-13-18-12(8-16-19-13)15-6-7-20-2/h3-5,8H,6-7H2,1-2H3,(H2,15,17,18,19). The van der Waals surface area contributed by atoms with Gasteiger partial charge in [-0.1, -0.05) is 17.7 Å². The number of anilines is 3. The Hall–Kier alpha value is -1.92. The zero-order valence-electron chi connectivity index (χ0n) is 11.4. The first-order valence-corrected chi connectivity index (χ1v) is 6.53. The Morgan fingerprint density at radius 2 is 2.20 bits per heavy atom. The topological polar surface area (TPSA) is 72.0 Å². The van der Waals surface area contributed by atoms with Gasteiger partial charge in [0.15, 0.2) is 5.82 Å². The number of hydrogen-bond acceptors (Lipinski definition) is 6. The minimum Gasteiger partial charge on any atom is -0.383 e. The lowest BCUT2D eigenvalue weighted by atomic mass is 10.2. The molecular formula is C13H16ClN5O. The first kappa shape index (κ1) is 14.5. The summed E-state index contributed by atoms with van der Waals surface area (Å²) in [7, 11) is 1.65. The van der Waals surface area contributed by atoms with Gasteiger partial charge in [0, 0.05) is 24.4 Å². The van der Waals surface area contributed by atoms with Crippen LogP contribution < -0.4 is 10.6 Å². The van der Waals surface area contributed by atoms with Crippen molar-refractivity contribution in [1.82, 2.24) is 15.2 Å². The predicted molar refractivity (Wildman–Crippen MR) is 79.7 cm³/mol. The van der Waals surface area contributed by atoms with Gasteiger partial charge in [-0.05, 0) is 24.6 Å². The highest BCUT2D eigenvalue weighted by Crippen LogP contribution is 2.24. The summed E-state index contributed by atoms with van der Waals surface area (Å²) >= 11 is 6.07. The van der Waals surface area contributed by atoms with Crippen LogP contribution in [-0.2, 0) is 4.74 Å². The molecular weight excluding hydrogens is 278 g/mol. The van der Waals surface area contributed by atoms with Crippen LogP contribution in [0, 0.1) is 6.92 Å². The van der Waals surface area contributed by atoms with Crippen LogP contribution in [-0.4, -0.2) is 35.4 Å². The average molecular weight is 294 g/mol. The molecule has 6 nitrogen and oxygen atoms in total. The summed E-state index contributed by atoms with van der Waals surface area (Å²) in [5.74, 6) is 1.05. The van der Waals surface area contributed by atoms with Gasteiger partial charge in [0.25, 0.3) is 0 Å². The molecule has 0 aliphatic rings. The molecule has 0 saturated heterocycles. The molecule has 0 spiro atoms. The lowest BCUT2D eigenvalue weighted by Gasteiger charge is -2.10. The second kappa shape index (κ2) is 7.02. The van der Waals surface area contributed by atoms with Crippen molar-refractivity contribution < 1.29 is 4.74 Å². The fraction of sp³-hybridized carbons (Fsp3) is 0.308. The zero-order valence-corrected chi connectivity index (χ0v) is 12.1. The number of methoxy groups -OCH3 is 1. The summed E-state index contributed by atoms with van der Waals surface area (Å²) in [6, 6.07) is 5.62. The number of halogens is 1. The van der Waals surface area contributed by atoms with Gasteiger partial charge < -0.3 is 15.4 Å². The molecule has 0 aliphatic carbocycles. The summed E-state index contributed by atoms with van der Waals surface area (Å²) in [6.45, 7) is 3.18. The van der Waals surface area contributed by atoms with Gasteiger partial charge in [0.05, 0.1) is 12.8 Å². The molecule has 106 valence electrons. The van der Waals surface area contributed by atoms with Gasteiger partial charge in [0.2, 0.25) is 5.95 Å². The smallest absolute Gasteiger partial charge is 0.249 e. The third-order valence-corrected chi connectivity index (χ3v) is 3.09. The Labute approximate surface area is 122 Å². The highest BCUT2D eigenvalue weighted by atomic mass is 35.5. The van der Waals surface area contributed by atoms with Crippen molar-refractivity contribution in [1.29, 1.82) is 0 Å². The summed E-state index contributed by atoms with van der Waals surface area (Å²) < 4.78 is 4.96. The van der Waals surface area contributed by atoms with Crippen molar-refractivity contribution in [3.8, 4) is 0 Å². The van der Waals surface area contributed by atoms with E-state index >= 15 is 0 Å². The summed E-state index contributed by atoms with van der Waals surface area (Å²) in [5, 5.41) is 14.7. The maximum Gasteiger partial charge on any atom is 0.249 e. The Kier molecular flexibility index (Phi) is 5.09. The molecule has 0 bridgehead atoms. The van der Waals surface area contributed by atoms with Crippen LogP contribution in [0.3, 0.4) is 0 Å². The minimum atomic E-state index is 0.415. The van der Waals surface area contributed by atoms with Gasteiger partial charge >= 0.3 is 0 Å². The van der Waals surface area contributed by atoms with Crippen LogP contribution >= 0.6 is 11.6 Å². The van der Waals surface area contributed by atoms with Crippen molar-refractivity contribution in [2.45, 2.75) is 6.92 Å². The number of aromatic nitrogens is 3. The number of hydrogen-bond donors (Lipinski definition) is 2. The lowest BCUT2D eigenvalue weighted by molar-refractivity contribution is 0.210. The summed E-state index contributed by atoms with van der Waals surface area (Å²) in [6.07, 6.45) is 1.56. The summed E-state index contributed by atoms with van der Waals surface area (Å²) in [4.78, 5) is 4.32. The van der Waals surface area contributed by atoms with E-state index in [4.69, 9.17) is 16.3 Å². The van der Waals surface area contributed by atoms with E-state index in [0.717, 1.165) is 11.3 Å². The van der Waals surface area contributed by atoms with Crippen LogP contribution in [0.5, 0.6) is 0 Å². The number of ether oxygens (including phenoxy) is 1. The lowest BCUT2D eigenvalue weighted by Crippen LogP contribution is -2.10. The monoisotopic (exact) mass is 293 g/mol. The van der Waals surface area contributed by atoms with E-state index in [1.54, 1.807) is 13.3 Å². The molecule has 2 aromatic rings. The van der Waals surface area contributed by atoms with Gasteiger partial charge in [-0.15, -0.1) is 5.10 Å². The molecule has 1 heterocycles. The highest BCUT2D eigenvalue weighted by molar-refractivity contribution is 6.31. The Morgan fingerprint density at radius 3 is 3.00 bits per heavy atom. The van der Waals surface area contributed by atoms with Crippen molar-refractivity contribution in [2.75, 3.05) is 30.9 Å². The van der Waals surface area contributed by atoms with Crippen LogP contribution in [0.1, 0.15) is 5.56 Å². The molecule has 0 unspecified atom stereocenters. The van der Waals surface area contributed by atoms with Crippen LogP contribution in [0.4, 0.5) is 17.5 Å². The van der Waals surface area contributed by atoms with Crippen LogP contribution in [0.15, 0.2) is 24.4 Å². The van der Waals surface area contributed by atoms with Gasteiger partial charge in [0.1, 0.15) is 0 Å². The third-order valence-electron chi connectivity index (χ3n) is 2.69. The van der Waals surface area contributed by atoms with Crippen LogP contribution in [0.25, 0.3) is 0 Å². The Bertz CT molecular complexity index is 578. The SMILES string of the molecule is COCCNc1cnnc(Nc2cccc(Cl)c2C)n1. The number of nitrogens with zero attached hydrogens (tertiary/aromatic N) is 3. The van der Waals surface area contributed by atoms with Gasteiger partial charge in [-0.3, -0.25) is 0 Å². The minimum absolute atomic E-state index is 0.415. The van der Waals surface area contributed by atoms with Crippen molar-refractivity contribution in [2.24, 2.45) is 0 Å². The fourth-order valence-electron chi connectivity index (χ4n) is 1.59. The van der Waals surface area contributed by atoms with Gasteiger partial charge in [-0.25, -0.2) is 0 Å². The molecule has 1 aromatic heterocycles. The molecule has 2 rings (SSSR count). The molecule has 0 fully saturated rings. The normalized spacial score (nSPS) is 10.3. The van der Waals surface area contributed by atoms with E-state index in [0.29, 0.717) is 29.9 Å². The fourth-order valence-corrected chi connectivity index (χ4v) is 1.76. The van der Waals surface area contributed by atoms with E-state index < -0.39 is 0 Å². The molecule has 0 amide bonds. The first-order chi connectivity index (χ1) is 9.70. The Balaban J connectivity index is 2.09. The van der Waals surface area contributed by atoms with E-state index in [-0.39, 0.29) is 0 Å². The molecule has 0 aliphatic heterocycles. The maximum atomic E-state index is 6.07. The molecule has 0 saturated carbocycles. The molecule has 20 heavy (non-hydrogen) atoms. The third kappa shape index (κ3) is 3.79. The zero-order chi connectivity index (χ0) is 14.4. The number of benzene rings is 1. The van der Waals surface area contributed by atoms with Crippen LogP contribution in [0.2, 0.25) is 5.02 Å². The van der Waals surface area contributed by atoms with Gasteiger partial charge in [-0.2, -0.15) is 10.1 Å². The second-order valence-corrected chi connectivity index (χ2v) is 4.53. The Morgan fingerprint density at radius 1 is 1.35 bits per heavy atom.